The van der Waals surface area contributed by atoms with E-state index in [4.69, 9.17) is 28.6 Å². The predicted octanol–water partition coefficient (Wildman–Crippen LogP) is 4.72. The topological polar surface area (TPSA) is 53.6 Å². The van der Waals surface area contributed by atoms with Crippen LogP contribution in [0.4, 0.5) is 24.5 Å². The third-order valence-corrected chi connectivity index (χ3v) is 4.91. The lowest BCUT2D eigenvalue weighted by Gasteiger charge is -2.31. The third kappa shape index (κ3) is 6.68. The lowest BCUT2D eigenvalue weighted by molar-refractivity contribution is -0.137. The number of thiocarbonyl (C=S) groups is 1. The van der Waals surface area contributed by atoms with Crippen LogP contribution in [-0.2, 0) is 15.7 Å². The first-order chi connectivity index (χ1) is 14.7. The molecule has 0 unspecified atom stereocenters. The minimum Gasteiger partial charge on any atom is -0.378 e. The molecule has 1 fully saturated rings. The highest BCUT2D eigenvalue weighted by Gasteiger charge is 2.31. The first kappa shape index (κ1) is 23.1. The minimum atomic E-state index is -4.51. The Balaban J connectivity index is 1.72. The molecule has 1 aliphatic rings. The summed E-state index contributed by atoms with van der Waals surface area (Å²) in [6.45, 7) is 2.00. The van der Waals surface area contributed by atoms with E-state index in [9.17, 15) is 18.0 Å². The molecule has 0 atom stereocenters. The number of carbonyl (C=O) groups is 1. The summed E-state index contributed by atoms with van der Waals surface area (Å²) in [6.07, 6.45) is -1.67. The Hall–Kier alpha value is -2.62. The predicted molar refractivity (Wildman–Crippen MR) is 119 cm³/mol. The first-order valence-corrected chi connectivity index (χ1v) is 10.1. The molecule has 1 aliphatic heterocycles. The maximum absolute atomic E-state index is 13.2. The number of hydrogen-bond acceptors (Lipinski definition) is 4. The lowest BCUT2D eigenvalue weighted by atomic mass is 10.1. The molecule has 10 heteroatoms. The molecule has 3 rings (SSSR count). The number of alkyl halides is 3. The molecule has 1 saturated heterocycles. The fourth-order valence-corrected chi connectivity index (χ4v) is 3.28. The number of ether oxygens (including phenoxy) is 1. The highest BCUT2D eigenvalue weighted by Crippen LogP contribution is 2.35. The molecular formula is C21H19ClF3N3O2S. The monoisotopic (exact) mass is 469 g/mol. The number of rotatable bonds is 4. The molecule has 0 saturated carbocycles. The molecule has 164 valence electrons. The average Bonchev–Trinajstić information content (AvgIpc) is 2.73. The average molecular weight is 470 g/mol. The standard InChI is InChI=1S/C21H19ClF3N3O2S/c22-16-5-1-14(2-6-16)3-8-19(29)27-20(31)26-17-13-15(21(23,24)25)4-7-18(17)28-9-11-30-12-10-28/h1-8,13H,9-12H2,(H2,26,27,29,31). The number of hydrogen-bond donors (Lipinski definition) is 2. The Morgan fingerprint density at radius 2 is 1.81 bits per heavy atom. The van der Waals surface area contributed by atoms with Gasteiger partial charge in [-0.2, -0.15) is 13.2 Å². The fourth-order valence-electron chi connectivity index (χ4n) is 2.95. The van der Waals surface area contributed by atoms with Crippen molar-refractivity contribution in [2.24, 2.45) is 0 Å². The fraction of sp³-hybridized carbons (Fsp3) is 0.238. The van der Waals surface area contributed by atoms with Crippen molar-refractivity contribution in [3.05, 3.63) is 64.7 Å². The summed E-state index contributed by atoms with van der Waals surface area (Å²) >= 11 is 11.0. The van der Waals surface area contributed by atoms with Crippen molar-refractivity contribution in [1.82, 2.24) is 5.32 Å². The van der Waals surface area contributed by atoms with Crippen LogP contribution in [0.5, 0.6) is 0 Å². The lowest BCUT2D eigenvalue weighted by Crippen LogP contribution is -2.38. The number of anilines is 2. The zero-order valence-corrected chi connectivity index (χ0v) is 17.8. The van der Waals surface area contributed by atoms with Crippen LogP contribution in [0.1, 0.15) is 11.1 Å². The van der Waals surface area contributed by atoms with Crippen molar-refractivity contribution in [1.29, 1.82) is 0 Å². The van der Waals surface area contributed by atoms with Gasteiger partial charge in [-0.25, -0.2) is 0 Å². The van der Waals surface area contributed by atoms with Crippen molar-refractivity contribution in [2.45, 2.75) is 6.18 Å². The van der Waals surface area contributed by atoms with Gasteiger partial charge >= 0.3 is 6.18 Å². The number of morpholine rings is 1. The number of amides is 1. The van der Waals surface area contributed by atoms with Gasteiger partial charge in [0.1, 0.15) is 0 Å². The largest absolute Gasteiger partial charge is 0.416 e. The van der Waals surface area contributed by atoms with Gasteiger partial charge in [0.2, 0.25) is 5.91 Å². The Kier molecular flexibility index (Phi) is 7.53. The van der Waals surface area contributed by atoms with Gasteiger partial charge in [0.15, 0.2) is 5.11 Å². The second kappa shape index (κ2) is 10.1. The molecule has 1 heterocycles. The van der Waals surface area contributed by atoms with Crippen molar-refractivity contribution >= 4 is 52.3 Å². The Labute approximate surface area is 187 Å². The second-order valence-electron chi connectivity index (χ2n) is 6.66. The number of halogens is 4. The molecule has 5 nitrogen and oxygen atoms in total. The van der Waals surface area contributed by atoms with Crippen LogP contribution >= 0.6 is 23.8 Å². The zero-order chi connectivity index (χ0) is 22.4. The molecule has 2 aromatic carbocycles. The number of nitrogens with one attached hydrogen (secondary N) is 2. The van der Waals surface area contributed by atoms with Crippen LogP contribution in [0.2, 0.25) is 5.02 Å². The maximum atomic E-state index is 13.2. The SMILES string of the molecule is O=C(C=Cc1ccc(Cl)cc1)NC(=S)Nc1cc(C(F)(F)F)ccc1N1CCOCC1. The van der Waals surface area contributed by atoms with Crippen LogP contribution < -0.4 is 15.5 Å². The number of benzene rings is 2. The van der Waals surface area contributed by atoms with Gasteiger partial charge in [-0.05, 0) is 54.2 Å². The van der Waals surface area contributed by atoms with Gasteiger partial charge in [0, 0.05) is 24.2 Å². The van der Waals surface area contributed by atoms with E-state index in [1.807, 2.05) is 4.90 Å². The van der Waals surface area contributed by atoms with Crippen LogP contribution in [0.3, 0.4) is 0 Å². The number of nitrogens with zero attached hydrogens (tertiary/aromatic N) is 1. The summed E-state index contributed by atoms with van der Waals surface area (Å²) in [5.74, 6) is -0.521. The molecule has 2 N–H and O–H groups in total. The summed E-state index contributed by atoms with van der Waals surface area (Å²) in [5, 5.41) is 5.63. The van der Waals surface area contributed by atoms with E-state index in [2.05, 4.69) is 10.6 Å². The molecule has 2 aromatic rings. The molecule has 0 aromatic heterocycles. The van der Waals surface area contributed by atoms with Crippen LogP contribution in [0, 0.1) is 0 Å². The summed E-state index contributed by atoms with van der Waals surface area (Å²) < 4.78 is 44.9. The molecular weight excluding hydrogens is 451 g/mol. The molecule has 0 aliphatic carbocycles. The quantitative estimate of drug-likeness (QED) is 0.501. The van der Waals surface area contributed by atoms with Crippen molar-refractivity contribution in [3.8, 4) is 0 Å². The van der Waals surface area contributed by atoms with Crippen molar-refractivity contribution in [2.75, 3.05) is 36.5 Å². The third-order valence-electron chi connectivity index (χ3n) is 4.46. The molecule has 0 radical (unpaired) electrons. The molecule has 1 amide bonds. The van der Waals surface area contributed by atoms with Gasteiger partial charge in [-0.3, -0.25) is 10.1 Å². The normalized spacial score (nSPS) is 14.5. The Bertz CT molecular complexity index is 975. The molecule has 0 spiro atoms. The Morgan fingerprint density at radius 3 is 2.45 bits per heavy atom. The summed E-state index contributed by atoms with van der Waals surface area (Å²) in [4.78, 5) is 14.0. The van der Waals surface area contributed by atoms with Crippen LogP contribution in [0.25, 0.3) is 6.08 Å². The van der Waals surface area contributed by atoms with E-state index in [-0.39, 0.29) is 10.8 Å². The van der Waals surface area contributed by atoms with Crippen molar-refractivity contribution in [3.63, 3.8) is 0 Å². The van der Waals surface area contributed by atoms with Gasteiger partial charge in [0.05, 0.1) is 30.2 Å². The summed E-state index contributed by atoms with van der Waals surface area (Å²) in [5.41, 5.74) is 0.642. The highest BCUT2D eigenvalue weighted by molar-refractivity contribution is 7.80. The smallest absolute Gasteiger partial charge is 0.378 e. The van der Waals surface area contributed by atoms with Crippen LogP contribution in [0.15, 0.2) is 48.5 Å². The van der Waals surface area contributed by atoms with E-state index in [0.29, 0.717) is 37.0 Å². The second-order valence-corrected chi connectivity index (χ2v) is 7.50. The van der Waals surface area contributed by atoms with Crippen molar-refractivity contribution < 1.29 is 22.7 Å². The van der Waals surface area contributed by atoms with Gasteiger partial charge < -0.3 is 15.0 Å². The highest BCUT2D eigenvalue weighted by atomic mass is 35.5. The molecule has 31 heavy (non-hydrogen) atoms. The van der Waals surface area contributed by atoms with Gasteiger partial charge in [-0.1, -0.05) is 23.7 Å². The van der Waals surface area contributed by atoms with E-state index >= 15 is 0 Å². The summed E-state index contributed by atoms with van der Waals surface area (Å²) in [6, 6.07) is 10.2. The van der Waals surface area contributed by atoms with Gasteiger partial charge in [0.25, 0.3) is 0 Å². The van der Waals surface area contributed by atoms with E-state index in [1.54, 1.807) is 30.3 Å². The van der Waals surface area contributed by atoms with E-state index in [0.717, 1.165) is 17.7 Å². The van der Waals surface area contributed by atoms with Gasteiger partial charge in [-0.15, -0.1) is 0 Å². The maximum Gasteiger partial charge on any atom is 0.416 e. The Morgan fingerprint density at radius 1 is 1.13 bits per heavy atom. The van der Waals surface area contributed by atoms with Crippen LogP contribution in [-0.4, -0.2) is 37.3 Å². The first-order valence-electron chi connectivity index (χ1n) is 9.32. The number of carbonyl (C=O) groups excluding carboxylic acids is 1. The minimum absolute atomic E-state index is 0.111. The van der Waals surface area contributed by atoms with E-state index in [1.165, 1.54) is 12.1 Å². The van der Waals surface area contributed by atoms with E-state index < -0.39 is 17.6 Å². The molecule has 0 bridgehead atoms. The zero-order valence-electron chi connectivity index (χ0n) is 16.2. The summed E-state index contributed by atoms with van der Waals surface area (Å²) in [7, 11) is 0.